The highest BCUT2D eigenvalue weighted by atomic mass is 79.9. The molecule has 0 heterocycles. The Morgan fingerprint density at radius 1 is 1.15 bits per heavy atom. The van der Waals surface area contributed by atoms with Gasteiger partial charge in [-0.3, -0.25) is 0 Å². The minimum atomic E-state index is -0.222. The van der Waals surface area contributed by atoms with Gasteiger partial charge in [-0.2, -0.15) is 0 Å². The van der Waals surface area contributed by atoms with E-state index in [2.05, 4.69) is 45.2 Å². The van der Waals surface area contributed by atoms with E-state index in [1.54, 1.807) is 12.1 Å². The van der Waals surface area contributed by atoms with Crippen LogP contribution in [-0.4, -0.2) is 14.1 Å². The smallest absolute Gasteiger partial charge is 0.123 e. The number of halogens is 2. The lowest BCUT2D eigenvalue weighted by Crippen LogP contribution is -2.18. The largest absolute Gasteiger partial charge is 0.344 e. The maximum Gasteiger partial charge on any atom is 0.123 e. The van der Waals surface area contributed by atoms with E-state index in [4.69, 9.17) is 0 Å². The van der Waals surface area contributed by atoms with Crippen LogP contribution in [0.1, 0.15) is 18.5 Å². The monoisotopic (exact) mass is 336 g/mol. The first-order chi connectivity index (χ1) is 9.52. The van der Waals surface area contributed by atoms with Crippen LogP contribution in [0, 0.1) is 5.82 Å². The molecule has 2 nitrogen and oxygen atoms in total. The molecule has 20 heavy (non-hydrogen) atoms. The fourth-order valence-corrected chi connectivity index (χ4v) is 2.48. The molecule has 0 saturated heterocycles. The fourth-order valence-electron chi connectivity index (χ4n) is 2.13. The SMILES string of the molecule is CNC(C)c1ccc(Br)cc1N(C)c1ccc(F)cc1. The van der Waals surface area contributed by atoms with Crippen molar-refractivity contribution in [3.8, 4) is 0 Å². The molecule has 0 radical (unpaired) electrons. The molecule has 0 fully saturated rings. The van der Waals surface area contributed by atoms with E-state index >= 15 is 0 Å². The molecule has 2 rings (SSSR count). The summed E-state index contributed by atoms with van der Waals surface area (Å²) in [4.78, 5) is 2.06. The lowest BCUT2D eigenvalue weighted by Gasteiger charge is -2.25. The average Bonchev–Trinajstić information content (AvgIpc) is 2.46. The van der Waals surface area contributed by atoms with Crippen molar-refractivity contribution in [2.45, 2.75) is 13.0 Å². The van der Waals surface area contributed by atoms with E-state index in [0.717, 1.165) is 15.8 Å². The number of benzene rings is 2. The number of anilines is 2. The van der Waals surface area contributed by atoms with Gasteiger partial charge in [-0.05, 0) is 55.9 Å². The van der Waals surface area contributed by atoms with Crippen molar-refractivity contribution in [2.75, 3.05) is 19.0 Å². The topological polar surface area (TPSA) is 15.3 Å². The molecule has 1 N–H and O–H groups in total. The quantitative estimate of drug-likeness (QED) is 0.875. The van der Waals surface area contributed by atoms with Gasteiger partial charge in [0.2, 0.25) is 0 Å². The van der Waals surface area contributed by atoms with Gasteiger partial charge >= 0.3 is 0 Å². The van der Waals surface area contributed by atoms with Crippen LogP contribution < -0.4 is 10.2 Å². The lowest BCUT2D eigenvalue weighted by molar-refractivity contribution is 0.628. The summed E-state index contributed by atoms with van der Waals surface area (Å²) in [5.41, 5.74) is 3.24. The normalized spacial score (nSPS) is 12.2. The van der Waals surface area contributed by atoms with E-state index in [1.165, 1.54) is 17.7 Å². The van der Waals surface area contributed by atoms with Gasteiger partial charge < -0.3 is 10.2 Å². The van der Waals surface area contributed by atoms with Crippen LogP contribution in [0.25, 0.3) is 0 Å². The molecular weight excluding hydrogens is 319 g/mol. The van der Waals surface area contributed by atoms with Gasteiger partial charge in [0.05, 0.1) is 0 Å². The summed E-state index contributed by atoms with van der Waals surface area (Å²) in [5, 5.41) is 3.25. The first kappa shape index (κ1) is 15.0. The van der Waals surface area contributed by atoms with Gasteiger partial charge in [-0.15, -0.1) is 0 Å². The molecule has 0 aliphatic rings. The molecule has 2 aromatic carbocycles. The zero-order valence-electron chi connectivity index (χ0n) is 11.8. The highest BCUT2D eigenvalue weighted by Gasteiger charge is 2.14. The molecule has 0 saturated carbocycles. The second-order valence-electron chi connectivity index (χ2n) is 4.75. The Morgan fingerprint density at radius 3 is 2.40 bits per heavy atom. The summed E-state index contributed by atoms with van der Waals surface area (Å²) in [6.45, 7) is 2.12. The summed E-state index contributed by atoms with van der Waals surface area (Å²) in [7, 11) is 3.93. The van der Waals surface area contributed by atoms with Crippen molar-refractivity contribution in [1.82, 2.24) is 5.32 Å². The van der Waals surface area contributed by atoms with Crippen LogP contribution in [0.3, 0.4) is 0 Å². The molecule has 0 aliphatic heterocycles. The van der Waals surface area contributed by atoms with Crippen molar-refractivity contribution in [1.29, 1.82) is 0 Å². The van der Waals surface area contributed by atoms with Gasteiger partial charge in [0.25, 0.3) is 0 Å². The zero-order chi connectivity index (χ0) is 14.7. The zero-order valence-corrected chi connectivity index (χ0v) is 13.4. The van der Waals surface area contributed by atoms with Crippen molar-refractivity contribution >= 4 is 27.3 Å². The molecule has 2 aromatic rings. The molecule has 0 aromatic heterocycles. The van der Waals surface area contributed by atoms with Crippen molar-refractivity contribution < 1.29 is 4.39 Å². The van der Waals surface area contributed by atoms with Gasteiger partial charge in [-0.25, -0.2) is 4.39 Å². The van der Waals surface area contributed by atoms with E-state index in [9.17, 15) is 4.39 Å². The Morgan fingerprint density at radius 2 is 1.80 bits per heavy atom. The third-order valence-corrected chi connectivity index (χ3v) is 3.96. The van der Waals surface area contributed by atoms with Crippen LogP contribution in [0.2, 0.25) is 0 Å². The predicted molar refractivity (Wildman–Crippen MR) is 86.1 cm³/mol. The third kappa shape index (κ3) is 3.19. The van der Waals surface area contributed by atoms with E-state index in [-0.39, 0.29) is 11.9 Å². The molecule has 1 atom stereocenters. The number of hydrogen-bond acceptors (Lipinski definition) is 2. The van der Waals surface area contributed by atoms with E-state index < -0.39 is 0 Å². The molecule has 0 spiro atoms. The summed E-state index contributed by atoms with van der Waals surface area (Å²) >= 11 is 3.51. The highest BCUT2D eigenvalue weighted by molar-refractivity contribution is 9.10. The van der Waals surface area contributed by atoms with Crippen molar-refractivity contribution in [3.63, 3.8) is 0 Å². The standard InChI is InChI=1S/C16H18BrFN2/c1-11(19-2)15-9-4-12(17)10-16(15)20(3)14-7-5-13(18)6-8-14/h4-11,19H,1-3H3. The molecule has 1 unspecified atom stereocenters. The fraction of sp³-hybridized carbons (Fsp3) is 0.250. The minimum absolute atomic E-state index is 0.222. The van der Waals surface area contributed by atoms with E-state index in [1.807, 2.05) is 20.2 Å². The number of hydrogen-bond donors (Lipinski definition) is 1. The number of nitrogens with one attached hydrogen (secondary N) is 1. The molecule has 0 amide bonds. The van der Waals surface area contributed by atoms with Crippen molar-refractivity contribution in [3.05, 3.63) is 58.3 Å². The van der Waals surface area contributed by atoms with Crippen molar-refractivity contribution in [2.24, 2.45) is 0 Å². The summed E-state index contributed by atoms with van der Waals surface area (Å²) in [6.07, 6.45) is 0. The van der Waals surface area contributed by atoms with E-state index in [0.29, 0.717) is 0 Å². The lowest BCUT2D eigenvalue weighted by atomic mass is 10.1. The summed E-state index contributed by atoms with van der Waals surface area (Å²) < 4.78 is 14.1. The molecular formula is C16H18BrFN2. The van der Waals surface area contributed by atoms with Crippen LogP contribution in [0.5, 0.6) is 0 Å². The minimum Gasteiger partial charge on any atom is -0.344 e. The van der Waals surface area contributed by atoms with Crippen LogP contribution in [0.4, 0.5) is 15.8 Å². The summed E-state index contributed by atoms with van der Waals surface area (Å²) in [6, 6.07) is 13.0. The maximum absolute atomic E-state index is 13.0. The molecule has 106 valence electrons. The average molecular weight is 337 g/mol. The van der Waals surface area contributed by atoms with Crippen LogP contribution >= 0.6 is 15.9 Å². The third-order valence-electron chi connectivity index (χ3n) is 3.47. The second-order valence-corrected chi connectivity index (χ2v) is 5.66. The van der Waals surface area contributed by atoms with Crippen LogP contribution in [-0.2, 0) is 0 Å². The van der Waals surface area contributed by atoms with Gasteiger partial charge in [0.1, 0.15) is 5.82 Å². The second kappa shape index (κ2) is 6.37. The Balaban J connectivity index is 2.44. The first-order valence-corrected chi connectivity index (χ1v) is 7.28. The highest BCUT2D eigenvalue weighted by Crippen LogP contribution is 2.33. The number of rotatable bonds is 4. The first-order valence-electron chi connectivity index (χ1n) is 6.49. The Labute approximate surface area is 127 Å². The van der Waals surface area contributed by atoms with Gasteiger partial charge in [-0.1, -0.05) is 22.0 Å². The Bertz CT molecular complexity index is 584. The molecule has 4 heteroatoms. The molecule has 0 aliphatic carbocycles. The number of nitrogens with zero attached hydrogens (tertiary/aromatic N) is 1. The summed E-state index contributed by atoms with van der Waals surface area (Å²) in [5.74, 6) is -0.222. The Kier molecular flexibility index (Phi) is 4.78. The van der Waals surface area contributed by atoms with Gasteiger partial charge in [0.15, 0.2) is 0 Å². The predicted octanol–water partition coefficient (Wildman–Crippen LogP) is 4.64. The maximum atomic E-state index is 13.0. The van der Waals surface area contributed by atoms with Gasteiger partial charge in [0, 0.05) is 28.9 Å². The molecule has 0 bridgehead atoms. The Hall–Kier alpha value is -1.39. The van der Waals surface area contributed by atoms with Crippen LogP contribution in [0.15, 0.2) is 46.9 Å².